The largest absolute Gasteiger partial charge is 0.286 e. The monoisotopic (exact) mass is 197 g/mol. The van der Waals surface area contributed by atoms with Crippen LogP contribution in [0.25, 0.3) is 10.9 Å². The molecule has 0 radical (unpaired) electrons. The molecule has 2 aromatic rings. The van der Waals surface area contributed by atoms with E-state index in [1.165, 1.54) is 0 Å². The molecule has 68 valence electrons. The molecule has 0 amide bonds. The van der Waals surface area contributed by atoms with Gasteiger partial charge in [-0.2, -0.15) is 5.10 Å². The zero-order valence-corrected chi connectivity index (χ0v) is 7.41. The number of aromatic amines is 1. The van der Waals surface area contributed by atoms with Crippen molar-refractivity contribution in [3.8, 4) is 0 Å². The lowest BCUT2D eigenvalue weighted by atomic mass is 10.2. The van der Waals surface area contributed by atoms with Crippen LogP contribution in [-0.2, 0) is 10.9 Å². The number of nitrogens with one attached hydrogen (secondary N) is 2. The Morgan fingerprint density at radius 1 is 1.38 bits per heavy atom. The van der Waals surface area contributed by atoms with Gasteiger partial charge in [-0.05, 0) is 18.2 Å². The van der Waals surface area contributed by atoms with Crippen molar-refractivity contribution in [1.82, 2.24) is 10.2 Å². The fourth-order valence-electron chi connectivity index (χ4n) is 1.12. The highest BCUT2D eigenvalue weighted by atomic mass is 32.2. The standard InChI is InChI=1S/C7H7N3O2S/c11-13(12)10-6-1-2-7-5(3-6)4-8-9-7/h1-4,13H,(H,8,9)(H,10,11,12). The van der Waals surface area contributed by atoms with Gasteiger partial charge in [0.2, 0.25) is 10.9 Å². The molecule has 2 N–H and O–H groups in total. The highest BCUT2D eigenvalue weighted by molar-refractivity contribution is 7.73. The smallest absolute Gasteiger partial charge is 0.222 e. The van der Waals surface area contributed by atoms with Gasteiger partial charge >= 0.3 is 0 Å². The molecule has 0 fully saturated rings. The second kappa shape index (κ2) is 3.06. The molecule has 6 heteroatoms. The molecule has 2 rings (SSSR count). The Morgan fingerprint density at radius 3 is 3.00 bits per heavy atom. The average molecular weight is 197 g/mol. The molecule has 0 aliphatic heterocycles. The van der Waals surface area contributed by atoms with Crippen LogP contribution < -0.4 is 4.72 Å². The molecule has 0 unspecified atom stereocenters. The van der Waals surface area contributed by atoms with Crippen molar-refractivity contribution < 1.29 is 8.42 Å². The van der Waals surface area contributed by atoms with E-state index in [0.29, 0.717) is 5.69 Å². The predicted molar refractivity (Wildman–Crippen MR) is 50.0 cm³/mol. The van der Waals surface area contributed by atoms with Crippen LogP contribution in [0.3, 0.4) is 0 Å². The van der Waals surface area contributed by atoms with E-state index in [1.54, 1.807) is 24.4 Å². The molecule has 5 nitrogen and oxygen atoms in total. The van der Waals surface area contributed by atoms with Crippen molar-refractivity contribution in [1.29, 1.82) is 0 Å². The van der Waals surface area contributed by atoms with E-state index in [2.05, 4.69) is 14.9 Å². The molecule has 13 heavy (non-hydrogen) atoms. The molecule has 0 atom stereocenters. The predicted octanol–water partition coefficient (Wildman–Crippen LogP) is 0.501. The Labute approximate surface area is 75.9 Å². The van der Waals surface area contributed by atoms with Gasteiger partial charge in [0.05, 0.1) is 11.7 Å². The fourth-order valence-corrected chi connectivity index (χ4v) is 1.47. The van der Waals surface area contributed by atoms with Crippen LogP contribution in [0.2, 0.25) is 0 Å². The SMILES string of the molecule is O=[SH](=O)Nc1ccc2[nH]ncc2c1. The molecule has 0 saturated heterocycles. The van der Waals surface area contributed by atoms with E-state index in [0.717, 1.165) is 10.9 Å². The first-order chi connectivity index (χ1) is 6.25. The van der Waals surface area contributed by atoms with E-state index in [1.807, 2.05) is 0 Å². The number of nitrogens with zero attached hydrogens (tertiary/aromatic N) is 1. The number of aromatic nitrogens is 2. The van der Waals surface area contributed by atoms with Gasteiger partial charge in [0.1, 0.15) is 0 Å². The third kappa shape index (κ3) is 1.62. The van der Waals surface area contributed by atoms with Gasteiger partial charge in [0, 0.05) is 11.1 Å². The van der Waals surface area contributed by atoms with Gasteiger partial charge in [-0.1, -0.05) is 0 Å². The van der Waals surface area contributed by atoms with E-state index >= 15 is 0 Å². The quantitative estimate of drug-likeness (QED) is 0.614. The summed E-state index contributed by atoms with van der Waals surface area (Å²) < 4.78 is 23.0. The molecular formula is C7H7N3O2S. The first kappa shape index (κ1) is 8.06. The summed E-state index contributed by atoms with van der Waals surface area (Å²) in [5, 5.41) is 7.47. The zero-order chi connectivity index (χ0) is 9.26. The van der Waals surface area contributed by atoms with Crippen LogP contribution in [0.4, 0.5) is 5.69 Å². The first-order valence-corrected chi connectivity index (χ1v) is 4.77. The van der Waals surface area contributed by atoms with Crippen molar-refractivity contribution in [3.05, 3.63) is 24.4 Å². The van der Waals surface area contributed by atoms with Gasteiger partial charge in [0.15, 0.2) is 0 Å². The molecule has 1 aromatic heterocycles. The molecule has 0 spiro atoms. The molecule has 0 bridgehead atoms. The number of H-pyrrole nitrogens is 1. The minimum absolute atomic E-state index is 0.546. The summed E-state index contributed by atoms with van der Waals surface area (Å²) >= 11 is 0. The summed E-state index contributed by atoms with van der Waals surface area (Å²) in [4.78, 5) is 0. The van der Waals surface area contributed by atoms with Gasteiger partial charge in [-0.15, -0.1) is 0 Å². The Morgan fingerprint density at radius 2 is 2.23 bits per heavy atom. The maximum atomic E-state index is 10.3. The van der Waals surface area contributed by atoms with Gasteiger partial charge in [0.25, 0.3) is 0 Å². The lowest BCUT2D eigenvalue weighted by Crippen LogP contribution is -1.93. The van der Waals surface area contributed by atoms with Crippen molar-refractivity contribution in [2.75, 3.05) is 4.72 Å². The van der Waals surface area contributed by atoms with Gasteiger partial charge in [-0.3, -0.25) is 9.82 Å². The Hall–Kier alpha value is -1.56. The minimum atomic E-state index is -2.60. The van der Waals surface area contributed by atoms with Crippen LogP contribution in [0.5, 0.6) is 0 Å². The van der Waals surface area contributed by atoms with Crippen LogP contribution in [0.1, 0.15) is 0 Å². The number of thiol groups is 1. The Kier molecular flexibility index (Phi) is 1.90. The van der Waals surface area contributed by atoms with Gasteiger partial charge < -0.3 is 0 Å². The van der Waals surface area contributed by atoms with Crippen molar-refractivity contribution in [2.24, 2.45) is 0 Å². The maximum Gasteiger partial charge on any atom is 0.222 e. The van der Waals surface area contributed by atoms with Crippen molar-refractivity contribution >= 4 is 27.5 Å². The second-order valence-electron chi connectivity index (χ2n) is 2.54. The summed E-state index contributed by atoms with van der Waals surface area (Å²) in [6, 6.07) is 5.15. The Bertz CT molecular complexity index is 495. The molecule has 0 saturated carbocycles. The number of hydrogen-bond donors (Lipinski definition) is 3. The van der Waals surface area contributed by atoms with Crippen LogP contribution >= 0.6 is 0 Å². The summed E-state index contributed by atoms with van der Waals surface area (Å²) in [6.45, 7) is 0. The second-order valence-corrected chi connectivity index (χ2v) is 3.28. The minimum Gasteiger partial charge on any atom is -0.286 e. The third-order valence-corrected chi connectivity index (χ3v) is 2.10. The highest BCUT2D eigenvalue weighted by Crippen LogP contribution is 2.16. The molecule has 0 aliphatic carbocycles. The normalized spacial score (nSPS) is 10.8. The molecule has 1 aromatic carbocycles. The van der Waals surface area contributed by atoms with E-state index in [4.69, 9.17) is 0 Å². The van der Waals surface area contributed by atoms with Crippen LogP contribution in [0.15, 0.2) is 24.4 Å². The lowest BCUT2D eigenvalue weighted by Gasteiger charge is -1.96. The lowest BCUT2D eigenvalue weighted by molar-refractivity contribution is 0.619. The summed E-state index contributed by atoms with van der Waals surface area (Å²) in [5.74, 6) is 0. The fraction of sp³-hybridized carbons (Fsp3) is 0. The Balaban J connectivity index is 2.48. The highest BCUT2D eigenvalue weighted by Gasteiger charge is 1.96. The number of rotatable bonds is 2. The van der Waals surface area contributed by atoms with Gasteiger partial charge in [-0.25, -0.2) is 8.42 Å². The molecule has 1 heterocycles. The summed E-state index contributed by atoms with van der Waals surface area (Å²) in [5.41, 5.74) is 1.43. The summed E-state index contributed by atoms with van der Waals surface area (Å²) in [6.07, 6.45) is 1.64. The summed E-state index contributed by atoms with van der Waals surface area (Å²) in [7, 11) is -2.60. The third-order valence-electron chi connectivity index (χ3n) is 1.66. The van der Waals surface area contributed by atoms with Crippen molar-refractivity contribution in [3.63, 3.8) is 0 Å². The van der Waals surface area contributed by atoms with E-state index < -0.39 is 10.9 Å². The number of fused-ring (bicyclic) bond motifs is 1. The number of anilines is 1. The molecular weight excluding hydrogens is 190 g/mol. The van der Waals surface area contributed by atoms with Crippen molar-refractivity contribution in [2.45, 2.75) is 0 Å². The van der Waals surface area contributed by atoms with Crippen LogP contribution in [-0.4, -0.2) is 18.6 Å². The van der Waals surface area contributed by atoms with E-state index in [9.17, 15) is 8.42 Å². The topological polar surface area (TPSA) is 74.8 Å². The zero-order valence-electron chi connectivity index (χ0n) is 6.52. The number of hydrogen-bond acceptors (Lipinski definition) is 3. The first-order valence-electron chi connectivity index (χ1n) is 3.60. The maximum absolute atomic E-state index is 10.3. The van der Waals surface area contributed by atoms with Crippen LogP contribution in [0, 0.1) is 0 Å². The molecule has 0 aliphatic rings. The van der Waals surface area contributed by atoms with E-state index in [-0.39, 0.29) is 0 Å². The average Bonchev–Trinajstić information content (AvgIpc) is 2.49. The number of benzene rings is 1.